The molecule has 4 atom stereocenters. The molecule has 2 aromatic rings. The molecule has 0 spiro atoms. The molecule has 3 aliphatic carbocycles. The Labute approximate surface area is 155 Å². The summed E-state index contributed by atoms with van der Waals surface area (Å²) in [4.78, 5) is 38.8. The van der Waals surface area contributed by atoms with E-state index in [2.05, 4.69) is 12.2 Å². The lowest BCUT2D eigenvalue weighted by Crippen LogP contribution is -2.32. The number of hydrogen-bond acceptors (Lipinski definition) is 4. The number of carbonyl (C=O) groups excluding carboxylic acids is 2. The van der Waals surface area contributed by atoms with E-state index in [4.69, 9.17) is 0 Å². The molecule has 1 saturated heterocycles. The van der Waals surface area contributed by atoms with Crippen molar-refractivity contribution in [2.75, 3.05) is 4.90 Å². The number of amides is 2. The van der Waals surface area contributed by atoms with Crippen LogP contribution in [-0.2, 0) is 9.59 Å². The van der Waals surface area contributed by atoms with Crippen molar-refractivity contribution in [3.8, 4) is 0 Å². The molecule has 6 heteroatoms. The van der Waals surface area contributed by atoms with Crippen LogP contribution in [0.3, 0.4) is 0 Å². The fourth-order valence-corrected chi connectivity index (χ4v) is 5.14. The van der Waals surface area contributed by atoms with E-state index in [-0.39, 0.29) is 41.2 Å². The number of nitro benzene ring substituents is 1. The number of rotatable bonds is 2. The molecule has 2 aromatic carbocycles. The van der Waals surface area contributed by atoms with Gasteiger partial charge in [0.05, 0.1) is 27.8 Å². The van der Waals surface area contributed by atoms with Gasteiger partial charge >= 0.3 is 0 Å². The van der Waals surface area contributed by atoms with Gasteiger partial charge in [0.2, 0.25) is 11.8 Å². The van der Waals surface area contributed by atoms with Gasteiger partial charge in [-0.2, -0.15) is 0 Å². The van der Waals surface area contributed by atoms with E-state index in [1.54, 1.807) is 24.3 Å². The Morgan fingerprint density at radius 3 is 2.07 bits per heavy atom. The first-order valence-electron chi connectivity index (χ1n) is 9.30. The van der Waals surface area contributed by atoms with Crippen LogP contribution in [-0.4, -0.2) is 16.7 Å². The lowest BCUT2D eigenvalue weighted by molar-refractivity contribution is -0.383. The summed E-state index contributed by atoms with van der Waals surface area (Å²) in [5.74, 6) is -0.706. The Morgan fingerprint density at radius 2 is 1.48 bits per heavy atom. The van der Waals surface area contributed by atoms with Crippen molar-refractivity contribution < 1.29 is 14.5 Å². The predicted molar refractivity (Wildman–Crippen MR) is 100 cm³/mol. The van der Waals surface area contributed by atoms with Crippen molar-refractivity contribution in [3.63, 3.8) is 0 Å². The van der Waals surface area contributed by atoms with Crippen molar-refractivity contribution in [1.82, 2.24) is 0 Å². The van der Waals surface area contributed by atoms with Crippen LogP contribution in [0.25, 0.3) is 10.8 Å². The molecule has 6 rings (SSSR count). The van der Waals surface area contributed by atoms with Crippen LogP contribution in [0.4, 0.5) is 11.4 Å². The number of allylic oxidation sites excluding steroid dienone is 2. The monoisotopic (exact) mass is 362 g/mol. The average molecular weight is 362 g/mol. The minimum Gasteiger partial charge on any atom is -0.274 e. The molecule has 2 amide bonds. The minimum atomic E-state index is -0.437. The predicted octanol–water partition coefficient (Wildman–Crippen LogP) is 3.84. The number of imide groups is 1. The van der Waals surface area contributed by atoms with Gasteiger partial charge in [-0.25, -0.2) is 4.90 Å². The van der Waals surface area contributed by atoms with Crippen LogP contribution < -0.4 is 4.90 Å². The second-order valence-electron chi connectivity index (χ2n) is 7.61. The summed E-state index contributed by atoms with van der Waals surface area (Å²) in [6.45, 7) is 0. The molecule has 2 bridgehead atoms. The average Bonchev–Trinajstić information content (AvgIpc) is 2.87. The molecule has 4 unspecified atom stereocenters. The van der Waals surface area contributed by atoms with Gasteiger partial charge in [-0.1, -0.05) is 36.8 Å². The standard InChI is InChI=1S/C21H18N2O4/c24-20-18-12-4-3-5-13(9-8-12)19(18)21(25)22(20)16-10-11-17(23(26)27)15-7-2-1-6-14(15)16/h1-2,6-13,18-19H,3-5H2. The smallest absolute Gasteiger partial charge is 0.274 e. The molecule has 0 aromatic heterocycles. The first-order chi connectivity index (χ1) is 13.1. The lowest BCUT2D eigenvalue weighted by Gasteiger charge is -2.27. The zero-order valence-electron chi connectivity index (χ0n) is 14.6. The van der Waals surface area contributed by atoms with E-state index in [1.165, 1.54) is 17.0 Å². The first-order valence-corrected chi connectivity index (χ1v) is 9.30. The summed E-state index contributed by atoms with van der Waals surface area (Å²) in [5.41, 5.74) is 0.433. The van der Waals surface area contributed by atoms with Crippen LogP contribution >= 0.6 is 0 Å². The Bertz CT molecular complexity index is 996. The highest BCUT2D eigenvalue weighted by Crippen LogP contribution is 2.49. The number of hydrogen-bond donors (Lipinski definition) is 0. The molecule has 2 fully saturated rings. The van der Waals surface area contributed by atoms with Gasteiger partial charge in [-0.15, -0.1) is 0 Å². The van der Waals surface area contributed by atoms with Crippen molar-refractivity contribution in [2.24, 2.45) is 23.7 Å². The topological polar surface area (TPSA) is 80.5 Å². The van der Waals surface area contributed by atoms with E-state index < -0.39 is 4.92 Å². The second kappa shape index (κ2) is 5.74. The van der Waals surface area contributed by atoms with Crippen molar-refractivity contribution in [1.29, 1.82) is 0 Å². The molecular formula is C21H18N2O4. The Balaban J connectivity index is 1.67. The number of fused-ring (bicyclic) bond motifs is 3. The third-order valence-corrected chi connectivity index (χ3v) is 6.32. The number of non-ortho nitro benzene ring substituents is 1. The van der Waals surface area contributed by atoms with E-state index in [0.29, 0.717) is 16.5 Å². The highest BCUT2D eigenvalue weighted by molar-refractivity contribution is 6.25. The maximum atomic E-state index is 13.3. The maximum absolute atomic E-state index is 13.3. The van der Waals surface area contributed by atoms with E-state index >= 15 is 0 Å². The summed E-state index contributed by atoms with van der Waals surface area (Å²) in [5, 5.41) is 12.4. The summed E-state index contributed by atoms with van der Waals surface area (Å²) in [6, 6.07) is 9.81. The van der Waals surface area contributed by atoms with Crippen LogP contribution in [0.1, 0.15) is 19.3 Å². The van der Waals surface area contributed by atoms with E-state index in [9.17, 15) is 19.7 Å². The Morgan fingerprint density at radius 1 is 0.889 bits per heavy atom. The Kier molecular flexibility index (Phi) is 3.44. The van der Waals surface area contributed by atoms with Gasteiger partial charge in [0, 0.05) is 11.5 Å². The van der Waals surface area contributed by atoms with Gasteiger partial charge in [-0.05, 0) is 36.8 Å². The SMILES string of the molecule is O=C1C2C3C=CC(CCC3)C2C(=O)N1c1ccc([N+](=O)[O-])c2ccccc12. The molecular weight excluding hydrogens is 344 g/mol. The third-order valence-electron chi connectivity index (χ3n) is 6.32. The third kappa shape index (κ3) is 2.19. The normalized spacial score (nSPS) is 29.3. The van der Waals surface area contributed by atoms with Gasteiger partial charge in [-0.3, -0.25) is 19.7 Å². The van der Waals surface area contributed by atoms with Crippen LogP contribution in [0.5, 0.6) is 0 Å². The van der Waals surface area contributed by atoms with Gasteiger partial charge < -0.3 is 0 Å². The minimum absolute atomic E-state index is 0.0237. The fraction of sp³-hybridized carbons (Fsp3) is 0.333. The molecule has 1 heterocycles. The number of nitrogens with zero attached hydrogens (tertiary/aromatic N) is 2. The number of nitro groups is 1. The molecule has 0 N–H and O–H groups in total. The molecule has 4 aliphatic rings. The number of carbonyl (C=O) groups is 2. The zero-order chi connectivity index (χ0) is 18.7. The van der Waals surface area contributed by atoms with Crippen molar-refractivity contribution in [2.45, 2.75) is 19.3 Å². The lowest BCUT2D eigenvalue weighted by atomic mass is 9.73. The summed E-state index contributed by atoms with van der Waals surface area (Å²) in [6.07, 6.45) is 7.13. The van der Waals surface area contributed by atoms with Gasteiger partial charge in [0.15, 0.2) is 0 Å². The van der Waals surface area contributed by atoms with Crippen molar-refractivity contribution >= 4 is 34.0 Å². The van der Waals surface area contributed by atoms with Crippen LogP contribution in [0, 0.1) is 33.8 Å². The molecule has 1 aliphatic heterocycles. The van der Waals surface area contributed by atoms with Crippen LogP contribution in [0.15, 0.2) is 48.6 Å². The molecule has 136 valence electrons. The van der Waals surface area contributed by atoms with Crippen molar-refractivity contribution in [3.05, 3.63) is 58.7 Å². The number of anilines is 1. The molecule has 6 nitrogen and oxygen atoms in total. The Hall–Kier alpha value is -3.02. The summed E-state index contributed by atoms with van der Waals surface area (Å²) in [7, 11) is 0. The highest BCUT2D eigenvalue weighted by Gasteiger charge is 2.55. The molecule has 0 radical (unpaired) electrons. The zero-order valence-corrected chi connectivity index (χ0v) is 14.6. The van der Waals surface area contributed by atoms with Gasteiger partial charge in [0.25, 0.3) is 5.69 Å². The second-order valence-corrected chi connectivity index (χ2v) is 7.61. The molecule has 1 saturated carbocycles. The maximum Gasteiger partial charge on any atom is 0.277 e. The quantitative estimate of drug-likeness (QED) is 0.352. The van der Waals surface area contributed by atoms with Gasteiger partial charge in [0.1, 0.15) is 0 Å². The first kappa shape index (κ1) is 16.2. The van der Waals surface area contributed by atoms with E-state index in [0.717, 1.165) is 19.3 Å². The summed E-state index contributed by atoms with van der Waals surface area (Å²) < 4.78 is 0. The van der Waals surface area contributed by atoms with E-state index in [1.807, 2.05) is 0 Å². The van der Waals surface area contributed by atoms with Crippen LogP contribution in [0.2, 0.25) is 0 Å². The summed E-state index contributed by atoms with van der Waals surface area (Å²) >= 11 is 0. The highest BCUT2D eigenvalue weighted by atomic mass is 16.6. The largest absolute Gasteiger partial charge is 0.277 e. The molecule has 27 heavy (non-hydrogen) atoms. The number of benzene rings is 2. The fourth-order valence-electron chi connectivity index (χ4n) is 5.14.